The summed E-state index contributed by atoms with van der Waals surface area (Å²) in [7, 11) is 2.09. The van der Waals surface area contributed by atoms with Crippen LogP contribution in [0, 0.1) is 5.92 Å². The fourth-order valence-corrected chi connectivity index (χ4v) is 1.81. The maximum atomic E-state index is 10.7. The third-order valence-corrected chi connectivity index (χ3v) is 2.52. The van der Waals surface area contributed by atoms with E-state index in [1.54, 1.807) is 0 Å². The smallest absolute Gasteiger partial charge is 0.319 e. The summed E-state index contributed by atoms with van der Waals surface area (Å²) in [5.41, 5.74) is 5.08. The first-order chi connectivity index (χ1) is 6.13. The molecule has 0 aromatic rings. The maximum Gasteiger partial charge on any atom is 0.319 e. The summed E-state index contributed by atoms with van der Waals surface area (Å²) in [6, 6.07) is 0. The Morgan fingerprint density at radius 3 is 2.77 bits per heavy atom. The van der Waals surface area contributed by atoms with Gasteiger partial charge < -0.3 is 15.6 Å². The highest BCUT2D eigenvalue weighted by Crippen LogP contribution is 2.33. The van der Waals surface area contributed by atoms with Gasteiger partial charge in [0.05, 0.1) is 19.3 Å². The van der Waals surface area contributed by atoms with E-state index in [4.69, 9.17) is 10.5 Å². The number of carbonyl (C=O) groups is 1. The average molecular weight is 185 g/mol. The van der Waals surface area contributed by atoms with Crippen LogP contribution in [0.5, 0.6) is 0 Å². The third-order valence-electron chi connectivity index (χ3n) is 2.52. The molecule has 0 spiro atoms. The second-order valence-corrected chi connectivity index (χ2v) is 3.79. The summed E-state index contributed by atoms with van der Waals surface area (Å²) >= 11 is 0. The molecule has 74 valence electrons. The summed E-state index contributed by atoms with van der Waals surface area (Å²) in [5, 5.41) is 9.52. The quantitative estimate of drug-likeness (QED) is 0.422. The van der Waals surface area contributed by atoms with E-state index in [0.717, 1.165) is 12.8 Å². The molecule has 1 aliphatic carbocycles. The number of carbonyl (C=O) groups excluding carboxylic acids is 1. The molecule has 5 heteroatoms. The van der Waals surface area contributed by atoms with Crippen molar-refractivity contribution >= 4 is 13.8 Å². The average Bonchev–Trinajstić information content (AvgIpc) is 2.41. The Morgan fingerprint density at radius 1 is 1.62 bits per heavy atom. The zero-order valence-electron chi connectivity index (χ0n) is 7.90. The number of hydrogen-bond acceptors (Lipinski definition) is 4. The van der Waals surface area contributed by atoms with Crippen molar-refractivity contribution in [3.05, 3.63) is 0 Å². The Balaban J connectivity index is 2.25. The van der Waals surface area contributed by atoms with Gasteiger partial charge in [0.15, 0.2) is 0 Å². The van der Waals surface area contributed by atoms with E-state index in [2.05, 4.69) is 7.85 Å². The Morgan fingerprint density at radius 2 is 2.31 bits per heavy atom. The van der Waals surface area contributed by atoms with Crippen LogP contribution < -0.4 is 5.73 Å². The fraction of sp³-hybridized carbons (Fsp3) is 0.875. The van der Waals surface area contributed by atoms with Crippen molar-refractivity contribution in [2.75, 3.05) is 13.2 Å². The molecule has 1 fully saturated rings. The summed E-state index contributed by atoms with van der Waals surface area (Å²) in [6.45, 7) is 0.222. The Labute approximate surface area is 78.8 Å². The molecule has 3 N–H and O–H groups in total. The fourth-order valence-electron chi connectivity index (χ4n) is 1.81. The highest BCUT2D eigenvalue weighted by molar-refractivity contribution is 6.11. The van der Waals surface area contributed by atoms with Crippen LogP contribution >= 0.6 is 0 Å². The van der Waals surface area contributed by atoms with Gasteiger partial charge in [0.2, 0.25) is 0 Å². The zero-order chi connectivity index (χ0) is 9.84. The molecule has 0 aliphatic heterocycles. The molecular formula is C8H16BNO3. The molecule has 0 saturated heterocycles. The van der Waals surface area contributed by atoms with Gasteiger partial charge in [-0.2, -0.15) is 0 Å². The van der Waals surface area contributed by atoms with Crippen LogP contribution in [0.3, 0.4) is 0 Å². The van der Waals surface area contributed by atoms with Gasteiger partial charge in [-0.05, 0) is 12.8 Å². The number of esters is 1. The molecule has 0 bridgehead atoms. The Bertz CT molecular complexity index is 188. The minimum atomic E-state index is -0.397. The Hall–Kier alpha value is -0.545. The van der Waals surface area contributed by atoms with Crippen molar-refractivity contribution in [2.45, 2.75) is 24.8 Å². The summed E-state index contributed by atoms with van der Waals surface area (Å²) in [6.07, 6.45) is 1.42. The molecule has 1 rings (SSSR count). The first-order valence-corrected chi connectivity index (χ1v) is 4.67. The van der Waals surface area contributed by atoms with Crippen LogP contribution in [0.25, 0.3) is 0 Å². The molecular weight excluding hydrogens is 169 g/mol. The van der Waals surface area contributed by atoms with Crippen molar-refractivity contribution in [3.8, 4) is 0 Å². The van der Waals surface area contributed by atoms with E-state index in [9.17, 15) is 9.90 Å². The molecule has 4 nitrogen and oxygen atoms in total. The minimum Gasteiger partial charge on any atom is -0.464 e. The normalized spacial score (nSPS) is 33.2. The van der Waals surface area contributed by atoms with Gasteiger partial charge in [0.1, 0.15) is 7.85 Å². The van der Waals surface area contributed by atoms with Gasteiger partial charge >= 0.3 is 5.97 Å². The highest BCUT2D eigenvalue weighted by atomic mass is 16.5. The van der Waals surface area contributed by atoms with Crippen LogP contribution in [0.15, 0.2) is 0 Å². The molecule has 0 radical (unpaired) electrons. The van der Waals surface area contributed by atoms with Crippen LogP contribution in [0.1, 0.15) is 12.8 Å². The Kier molecular flexibility index (Phi) is 3.75. The number of nitrogens with two attached hydrogens (primary N) is 1. The topological polar surface area (TPSA) is 72.5 Å². The van der Waals surface area contributed by atoms with Gasteiger partial charge in [-0.3, -0.25) is 4.79 Å². The van der Waals surface area contributed by atoms with Crippen molar-refractivity contribution in [3.63, 3.8) is 0 Å². The molecule has 0 heterocycles. The number of hydrogen-bond donors (Lipinski definition) is 2. The predicted molar refractivity (Wildman–Crippen MR) is 51.0 cm³/mol. The summed E-state index contributed by atoms with van der Waals surface area (Å²) in [4.78, 5) is 10.7. The second-order valence-electron chi connectivity index (χ2n) is 3.79. The van der Waals surface area contributed by atoms with Gasteiger partial charge in [-0.25, -0.2) is 0 Å². The van der Waals surface area contributed by atoms with E-state index in [-0.39, 0.29) is 18.6 Å². The van der Waals surface area contributed by atoms with Crippen molar-refractivity contribution in [1.82, 2.24) is 0 Å². The van der Waals surface area contributed by atoms with Crippen molar-refractivity contribution in [2.24, 2.45) is 11.7 Å². The largest absolute Gasteiger partial charge is 0.464 e. The third kappa shape index (κ3) is 3.01. The summed E-state index contributed by atoms with van der Waals surface area (Å²) in [5.74, 6) is 0.230. The van der Waals surface area contributed by atoms with Gasteiger partial charge in [0, 0.05) is 5.92 Å². The van der Waals surface area contributed by atoms with E-state index in [1.807, 2.05) is 0 Å². The van der Waals surface area contributed by atoms with Gasteiger partial charge in [-0.1, -0.05) is 5.82 Å². The van der Waals surface area contributed by atoms with E-state index in [1.165, 1.54) is 0 Å². The monoisotopic (exact) mass is 185 g/mol. The van der Waals surface area contributed by atoms with Crippen molar-refractivity contribution < 1.29 is 14.6 Å². The van der Waals surface area contributed by atoms with Crippen LogP contribution in [-0.4, -0.2) is 38.2 Å². The molecule has 1 aliphatic rings. The lowest BCUT2D eigenvalue weighted by molar-refractivity contribution is -0.144. The van der Waals surface area contributed by atoms with Gasteiger partial charge in [0.25, 0.3) is 0 Å². The SMILES string of the molecule is B[C@H]1C[C@@H](COC(=O)CN)[C@@H](O)C1. The van der Waals surface area contributed by atoms with Crippen LogP contribution in [0.2, 0.25) is 5.82 Å². The van der Waals surface area contributed by atoms with Crippen LogP contribution in [-0.2, 0) is 9.53 Å². The highest BCUT2D eigenvalue weighted by Gasteiger charge is 2.30. The number of aliphatic hydroxyl groups is 1. The molecule has 13 heavy (non-hydrogen) atoms. The lowest BCUT2D eigenvalue weighted by Crippen LogP contribution is -2.24. The lowest BCUT2D eigenvalue weighted by Gasteiger charge is -2.13. The first-order valence-electron chi connectivity index (χ1n) is 4.67. The van der Waals surface area contributed by atoms with Crippen LogP contribution in [0.4, 0.5) is 0 Å². The summed E-state index contributed by atoms with van der Waals surface area (Å²) < 4.78 is 4.87. The van der Waals surface area contributed by atoms with E-state index < -0.39 is 5.97 Å². The standard InChI is InChI=1S/C8H16BNO3/c9-6-1-5(7(11)2-6)4-13-8(12)3-10/h5-7,11H,1-4,9-10H2/t5-,6-,7-/m0/s1. The molecule has 0 amide bonds. The molecule has 0 unspecified atom stereocenters. The zero-order valence-corrected chi connectivity index (χ0v) is 7.90. The second kappa shape index (κ2) is 4.62. The van der Waals surface area contributed by atoms with E-state index in [0.29, 0.717) is 12.4 Å². The van der Waals surface area contributed by atoms with Gasteiger partial charge in [-0.15, -0.1) is 0 Å². The molecule has 3 atom stereocenters. The minimum absolute atomic E-state index is 0.0850. The molecule has 1 saturated carbocycles. The first kappa shape index (κ1) is 10.5. The number of ether oxygens (including phenoxy) is 1. The van der Waals surface area contributed by atoms with E-state index >= 15 is 0 Å². The maximum absolute atomic E-state index is 10.7. The molecule has 0 aromatic heterocycles. The number of rotatable bonds is 3. The van der Waals surface area contributed by atoms with Crippen molar-refractivity contribution in [1.29, 1.82) is 0 Å². The molecule has 0 aromatic carbocycles. The predicted octanol–water partition coefficient (Wildman–Crippen LogP) is -1.32. The number of aliphatic hydroxyl groups excluding tert-OH is 1. The lowest BCUT2D eigenvalue weighted by atomic mass is 9.85.